The highest BCUT2D eigenvalue weighted by Crippen LogP contribution is 2.36. The molecule has 1 aliphatic heterocycles. The zero-order valence-corrected chi connectivity index (χ0v) is 17.3. The van der Waals surface area contributed by atoms with E-state index in [1.54, 1.807) is 11.0 Å². The Morgan fingerprint density at radius 1 is 0.968 bits per heavy atom. The number of benzene rings is 3. The predicted octanol–water partition coefficient (Wildman–Crippen LogP) is 4.63. The van der Waals surface area contributed by atoms with Gasteiger partial charge in [0.25, 0.3) is 5.91 Å². The van der Waals surface area contributed by atoms with E-state index in [9.17, 15) is 14.4 Å². The monoisotopic (exact) mass is 413 g/mol. The highest BCUT2D eigenvalue weighted by Gasteiger charge is 2.40. The Kier molecular flexibility index (Phi) is 4.81. The molecule has 1 aliphatic carbocycles. The van der Waals surface area contributed by atoms with Gasteiger partial charge in [0.05, 0.1) is 19.0 Å². The Hall–Kier alpha value is -3.47. The highest BCUT2D eigenvalue weighted by molar-refractivity contribution is 6.07. The number of hydrogen-bond acceptors (Lipinski definition) is 4. The van der Waals surface area contributed by atoms with Crippen LogP contribution in [0.5, 0.6) is 5.75 Å². The first kappa shape index (κ1) is 19.5. The molecule has 1 unspecified atom stereocenters. The maximum absolute atomic E-state index is 13.0. The van der Waals surface area contributed by atoms with Crippen LogP contribution < -0.4 is 4.74 Å². The van der Waals surface area contributed by atoms with Gasteiger partial charge in [0.1, 0.15) is 17.6 Å². The minimum Gasteiger partial charge on any atom is -0.486 e. The lowest BCUT2D eigenvalue weighted by molar-refractivity contribution is -0.133. The summed E-state index contributed by atoms with van der Waals surface area (Å²) in [6.07, 6.45) is 0.474. The van der Waals surface area contributed by atoms with Gasteiger partial charge in [-0.15, -0.1) is 0 Å². The van der Waals surface area contributed by atoms with Crippen LogP contribution in [0.4, 0.5) is 0 Å². The summed E-state index contributed by atoms with van der Waals surface area (Å²) in [7, 11) is 0. The molecule has 2 aliphatic rings. The van der Waals surface area contributed by atoms with Crippen LogP contribution in [0.25, 0.3) is 10.8 Å². The van der Waals surface area contributed by atoms with Gasteiger partial charge in [-0.05, 0) is 47.9 Å². The van der Waals surface area contributed by atoms with Crippen molar-refractivity contribution in [1.29, 1.82) is 0 Å². The summed E-state index contributed by atoms with van der Waals surface area (Å²) < 4.78 is 6.30. The first-order valence-electron chi connectivity index (χ1n) is 10.6. The summed E-state index contributed by atoms with van der Waals surface area (Å²) in [5, 5.41) is 2.33. The van der Waals surface area contributed by atoms with E-state index in [4.69, 9.17) is 4.74 Å². The molecule has 0 N–H and O–H groups in total. The van der Waals surface area contributed by atoms with E-state index in [1.165, 1.54) is 5.39 Å². The second kappa shape index (κ2) is 7.65. The van der Waals surface area contributed by atoms with E-state index >= 15 is 0 Å². The van der Waals surface area contributed by atoms with Crippen molar-refractivity contribution in [3.8, 4) is 5.75 Å². The van der Waals surface area contributed by atoms with E-state index in [-0.39, 0.29) is 30.0 Å². The number of ketones is 2. The maximum atomic E-state index is 13.0. The lowest BCUT2D eigenvalue weighted by Crippen LogP contribution is -2.44. The van der Waals surface area contributed by atoms with Gasteiger partial charge in [-0.3, -0.25) is 14.4 Å². The van der Waals surface area contributed by atoms with Gasteiger partial charge >= 0.3 is 0 Å². The number of rotatable bonds is 4. The van der Waals surface area contributed by atoms with Crippen LogP contribution >= 0.6 is 0 Å². The van der Waals surface area contributed by atoms with Crippen LogP contribution in [-0.4, -0.2) is 28.4 Å². The van der Waals surface area contributed by atoms with Crippen molar-refractivity contribution in [2.24, 2.45) is 0 Å². The molecule has 31 heavy (non-hydrogen) atoms. The Labute approximate surface area is 180 Å². The molecule has 156 valence electrons. The molecule has 0 radical (unpaired) electrons. The fourth-order valence-corrected chi connectivity index (χ4v) is 4.60. The molecule has 5 rings (SSSR count). The fourth-order valence-electron chi connectivity index (χ4n) is 4.60. The zero-order valence-electron chi connectivity index (χ0n) is 17.3. The quantitative estimate of drug-likeness (QED) is 0.585. The molecule has 5 heteroatoms. The average Bonchev–Trinajstić information content (AvgIpc) is 3.11. The number of carbonyl (C=O) groups excluding carboxylic acids is 3. The van der Waals surface area contributed by atoms with E-state index in [1.807, 2.05) is 31.2 Å². The third-order valence-corrected chi connectivity index (χ3v) is 6.32. The Bertz CT molecular complexity index is 1220. The minimum atomic E-state index is -0.525. The minimum absolute atomic E-state index is 0.0429. The van der Waals surface area contributed by atoms with Crippen molar-refractivity contribution in [2.75, 3.05) is 0 Å². The Morgan fingerprint density at radius 3 is 2.58 bits per heavy atom. The first-order valence-corrected chi connectivity index (χ1v) is 10.6. The van der Waals surface area contributed by atoms with Gasteiger partial charge in [0.2, 0.25) is 0 Å². The SMILES string of the molecule is C[C@@H](Oc1cccc2c1CN(C1CCC(=O)CC1=O)C2=O)c1ccc2ccccc2c1. The van der Waals surface area contributed by atoms with E-state index in [0.29, 0.717) is 30.7 Å². The molecule has 0 saturated heterocycles. The maximum Gasteiger partial charge on any atom is 0.255 e. The lowest BCUT2D eigenvalue weighted by Gasteiger charge is -2.29. The van der Waals surface area contributed by atoms with Crippen molar-refractivity contribution in [3.63, 3.8) is 0 Å². The van der Waals surface area contributed by atoms with Crippen LogP contribution in [0.1, 0.15) is 53.8 Å². The molecule has 2 atom stereocenters. The molecule has 3 aromatic rings. The predicted molar refractivity (Wildman–Crippen MR) is 117 cm³/mol. The van der Waals surface area contributed by atoms with Gasteiger partial charge in [0, 0.05) is 17.5 Å². The smallest absolute Gasteiger partial charge is 0.255 e. The van der Waals surface area contributed by atoms with Crippen molar-refractivity contribution >= 4 is 28.2 Å². The van der Waals surface area contributed by atoms with E-state index in [0.717, 1.165) is 16.5 Å². The number of nitrogens with zero attached hydrogens (tertiary/aromatic N) is 1. The van der Waals surface area contributed by atoms with Crippen LogP contribution in [0.15, 0.2) is 60.7 Å². The van der Waals surface area contributed by atoms with Crippen molar-refractivity contribution < 1.29 is 19.1 Å². The molecular weight excluding hydrogens is 390 g/mol. The summed E-state index contributed by atoms with van der Waals surface area (Å²) >= 11 is 0. The average molecular weight is 413 g/mol. The molecule has 5 nitrogen and oxygen atoms in total. The molecule has 1 saturated carbocycles. The van der Waals surface area contributed by atoms with Crippen LogP contribution in [0.3, 0.4) is 0 Å². The third kappa shape index (κ3) is 3.50. The van der Waals surface area contributed by atoms with Crippen LogP contribution in [-0.2, 0) is 16.1 Å². The van der Waals surface area contributed by atoms with Crippen molar-refractivity contribution in [2.45, 2.75) is 44.9 Å². The van der Waals surface area contributed by atoms with Crippen molar-refractivity contribution in [1.82, 2.24) is 4.90 Å². The summed E-state index contributed by atoms with van der Waals surface area (Å²) in [5.74, 6) is 0.294. The largest absolute Gasteiger partial charge is 0.486 e. The summed E-state index contributed by atoms with van der Waals surface area (Å²) in [5.41, 5.74) is 2.44. The van der Waals surface area contributed by atoms with Gasteiger partial charge in [0.15, 0.2) is 5.78 Å². The number of ether oxygens (including phenoxy) is 1. The normalized spacial score (nSPS) is 19.6. The van der Waals surface area contributed by atoms with Crippen molar-refractivity contribution in [3.05, 3.63) is 77.4 Å². The second-order valence-corrected chi connectivity index (χ2v) is 8.32. The summed E-state index contributed by atoms with van der Waals surface area (Å²) in [6.45, 7) is 2.33. The molecule has 0 bridgehead atoms. The Morgan fingerprint density at radius 2 is 1.77 bits per heavy atom. The fraction of sp³-hybridized carbons (Fsp3) is 0.269. The number of Topliss-reactive ketones (excluding diaryl/α,β-unsaturated/α-hetero) is 2. The molecular formula is C26H23NO4. The topological polar surface area (TPSA) is 63.7 Å². The molecule has 1 amide bonds. The molecule has 0 spiro atoms. The highest BCUT2D eigenvalue weighted by atomic mass is 16.5. The standard InChI is InChI=1S/C26H23NO4/c1-16(18-10-9-17-5-2-3-6-19(17)13-18)31-25-8-4-7-21-22(25)15-27(26(21)30)23-12-11-20(28)14-24(23)29/h2-10,13,16,23H,11-12,14-15H2,1H3/t16-,23?/m1/s1. The number of hydrogen-bond donors (Lipinski definition) is 0. The first-order chi connectivity index (χ1) is 15.0. The Balaban J connectivity index is 1.40. The molecule has 0 aromatic heterocycles. The van der Waals surface area contributed by atoms with Crippen LogP contribution in [0.2, 0.25) is 0 Å². The number of fused-ring (bicyclic) bond motifs is 2. The second-order valence-electron chi connectivity index (χ2n) is 8.32. The molecule has 1 fully saturated rings. The van der Waals surface area contributed by atoms with Gasteiger partial charge in [-0.25, -0.2) is 0 Å². The zero-order chi connectivity index (χ0) is 21.5. The number of carbonyl (C=O) groups is 3. The third-order valence-electron chi connectivity index (χ3n) is 6.32. The summed E-state index contributed by atoms with van der Waals surface area (Å²) in [4.78, 5) is 38.6. The van der Waals surface area contributed by atoms with Gasteiger partial charge in [-0.1, -0.05) is 42.5 Å². The number of amides is 1. The van der Waals surface area contributed by atoms with Gasteiger partial charge in [-0.2, -0.15) is 0 Å². The molecule has 3 aromatic carbocycles. The van der Waals surface area contributed by atoms with E-state index in [2.05, 4.69) is 30.3 Å². The lowest BCUT2D eigenvalue weighted by atomic mass is 9.92. The summed E-state index contributed by atoms with van der Waals surface area (Å²) in [6, 6.07) is 19.4. The van der Waals surface area contributed by atoms with E-state index < -0.39 is 6.04 Å². The van der Waals surface area contributed by atoms with Gasteiger partial charge < -0.3 is 9.64 Å². The van der Waals surface area contributed by atoms with Crippen LogP contribution in [0, 0.1) is 0 Å². The molecule has 1 heterocycles.